The molecule has 0 spiro atoms. The normalized spacial score (nSPS) is 26.6. The van der Waals surface area contributed by atoms with E-state index in [1.54, 1.807) is 11.8 Å². The molecule has 1 fully saturated rings. The van der Waals surface area contributed by atoms with E-state index < -0.39 is 0 Å². The van der Waals surface area contributed by atoms with Crippen LogP contribution in [0.15, 0.2) is 4.99 Å². The van der Waals surface area contributed by atoms with Crippen LogP contribution in [0.3, 0.4) is 0 Å². The third-order valence-electron chi connectivity index (χ3n) is 3.57. The van der Waals surface area contributed by atoms with Gasteiger partial charge in [-0.2, -0.15) is 5.26 Å². The maximum Gasteiger partial charge on any atom is 0.224 e. The molecule has 4 nitrogen and oxygen atoms in total. The molecule has 1 aliphatic heterocycles. The minimum Gasteiger partial charge on any atom is -0.343 e. The number of nitriles is 1. The quantitative estimate of drug-likeness (QED) is 0.808. The van der Waals surface area contributed by atoms with Crippen molar-refractivity contribution < 1.29 is 4.79 Å². The summed E-state index contributed by atoms with van der Waals surface area (Å²) in [7, 11) is 0. The van der Waals surface area contributed by atoms with Gasteiger partial charge in [0, 0.05) is 17.4 Å². The molecule has 1 saturated carbocycles. The van der Waals surface area contributed by atoms with Crippen molar-refractivity contribution in [2.75, 3.05) is 24.6 Å². The van der Waals surface area contributed by atoms with E-state index in [2.05, 4.69) is 10.3 Å². The Morgan fingerprint density at radius 3 is 3.11 bits per heavy atom. The van der Waals surface area contributed by atoms with Gasteiger partial charge in [0.1, 0.15) is 10.9 Å². The third-order valence-corrected chi connectivity index (χ3v) is 6.01. The van der Waals surface area contributed by atoms with E-state index >= 15 is 0 Å². The second-order valence-electron chi connectivity index (χ2n) is 4.83. The summed E-state index contributed by atoms with van der Waals surface area (Å²) in [6, 6.07) is 1.97. The minimum absolute atomic E-state index is 0.0628. The van der Waals surface area contributed by atoms with Crippen molar-refractivity contribution in [1.82, 2.24) is 5.32 Å². The van der Waals surface area contributed by atoms with Crippen LogP contribution in [0.25, 0.3) is 0 Å². The first-order chi connectivity index (χ1) is 9.31. The van der Waals surface area contributed by atoms with Gasteiger partial charge >= 0.3 is 0 Å². The Morgan fingerprint density at radius 1 is 1.53 bits per heavy atom. The molecule has 0 aromatic heterocycles. The fraction of sp³-hybridized carbons (Fsp3) is 0.769. The van der Waals surface area contributed by atoms with Gasteiger partial charge in [-0.1, -0.05) is 36.4 Å². The van der Waals surface area contributed by atoms with Crippen LogP contribution in [-0.4, -0.2) is 34.9 Å². The summed E-state index contributed by atoms with van der Waals surface area (Å²) in [5, 5.41) is 11.3. The van der Waals surface area contributed by atoms with Crippen molar-refractivity contribution in [2.24, 2.45) is 16.8 Å². The molecule has 0 bridgehead atoms. The van der Waals surface area contributed by atoms with E-state index in [4.69, 9.17) is 5.26 Å². The minimum atomic E-state index is 0.0628. The average Bonchev–Trinajstić information content (AvgIpc) is 2.96. The van der Waals surface area contributed by atoms with E-state index in [-0.39, 0.29) is 18.4 Å². The molecular formula is C13H19N3OS2. The Kier molecular flexibility index (Phi) is 6.05. The Balaban J connectivity index is 1.84. The van der Waals surface area contributed by atoms with E-state index in [9.17, 15) is 4.79 Å². The lowest BCUT2D eigenvalue weighted by Crippen LogP contribution is -2.37. The topological polar surface area (TPSA) is 65.2 Å². The van der Waals surface area contributed by atoms with E-state index in [0.29, 0.717) is 5.92 Å². The smallest absolute Gasteiger partial charge is 0.224 e. The average molecular weight is 297 g/mol. The Bertz CT molecular complexity index is 392. The van der Waals surface area contributed by atoms with Crippen LogP contribution in [0.5, 0.6) is 0 Å². The molecule has 1 amide bonds. The number of rotatable bonds is 4. The maximum atomic E-state index is 12.1. The molecule has 0 aromatic carbocycles. The summed E-state index contributed by atoms with van der Waals surface area (Å²) in [4.78, 5) is 16.5. The van der Waals surface area contributed by atoms with Gasteiger partial charge in [0.15, 0.2) is 0 Å². The van der Waals surface area contributed by atoms with Crippen LogP contribution in [0.4, 0.5) is 0 Å². The predicted octanol–water partition coefficient (Wildman–Crippen LogP) is 2.27. The highest BCUT2D eigenvalue weighted by Crippen LogP contribution is 2.34. The summed E-state index contributed by atoms with van der Waals surface area (Å²) >= 11 is 3.63. The summed E-state index contributed by atoms with van der Waals surface area (Å²) in [6.07, 6.45) is 4.42. The molecule has 0 saturated heterocycles. The number of thioether (sulfide) groups is 2. The van der Waals surface area contributed by atoms with Crippen molar-refractivity contribution in [3.63, 3.8) is 0 Å². The molecule has 1 aliphatic carbocycles. The number of nitrogens with zero attached hydrogens (tertiary/aromatic N) is 2. The highest BCUT2D eigenvalue weighted by Gasteiger charge is 2.31. The largest absolute Gasteiger partial charge is 0.343 e. The SMILES string of the molecule is N#CCNC(=O)[C@@H]1CCCC[C@H]1CSC1=NCCS1. The monoisotopic (exact) mass is 297 g/mol. The molecule has 104 valence electrons. The first kappa shape index (κ1) is 14.7. The van der Waals surface area contributed by atoms with Crippen molar-refractivity contribution in [3.05, 3.63) is 0 Å². The fourth-order valence-corrected chi connectivity index (χ4v) is 4.86. The fourth-order valence-electron chi connectivity index (χ4n) is 2.59. The second kappa shape index (κ2) is 7.81. The standard InChI is InChI=1S/C13H19N3OS2/c14-5-6-15-12(17)11-4-2-1-3-10(11)9-19-13-16-7-8-18-13/h10-11H,1-4,6-9H2,(H,15,17)/t10-,11+/m0/s1. The van der Waals surface area contributed by atoms with Crippen LogP contribution < -0.4 is 5.32 Å². The van der Waals surface area contributed by atoms with E-state index in [1.807, 2.05) is 17.8 Å². The number of aliphatic imine (C=N–C) groups is 1. The molecule has 2 atom stereocenters. The van der Waals surface area contributed by atoms with Crippen LogP contribution in [0.1, 0.15) is 25.7 Å². The first-order valence-electron chi connectivity index (χ1n) is 6.76. The lowest BCUT2D eigenvalue weighted by molar-refractivity contribution is -0.127. The zero-order valence-corrected chi connectivity index (χ0v) is 12.6. The molecule has 19 heavy (non-hydrogen) atoms. The van der Waals surface area contributed by atoms with Gasteiger partial charge in [-0.3, -0.25) is 9.79 Å². The van der Waals surface area contributed by atoms with Crippen LogP contribution in [0.2, 0.25) is 0 Å². The van der Waals surface area contributed by atoms with Gasteiger partial charge in [-0.15, -0.1) is 0 Å². The number of carbonyl (C=O) groups is 1. The third kappa shape index (κ3) is 4.43. The molecule has 2 rings (SSSR count). The molecule has 0 unspecified atom stereocenters. The second-order valence-corrected chi connectivity index (χ2v) is 7.18. The van der Waals surface area contributed by atoms with Crippen LogP contribution in [0, 0.1) is 23.2 Å². The molecule has 1 heterocycles. The van der Waals surface area contributed by atoms with E-state index in [1.165, 1.54) is 10.8 Å². The Labute approximate surface area is 122 Å². The number of amides is 1. The van der Waals surface area contributed by atoms with Crippen LogP contribution >= 0.6 is 23.5 Å². The molecule has 2 aliphatic rings. The van der Waals surface area contributed by atoms with Gasteiger partial charge in [0.25, 0.3) is 0 Å². The highest BCUT2D eigenvalue weighted by atomic mass is 32.2. The number of hydrogen-bond donors (Lipinski definition) is 1. The molecular weight excluding hydrogens is 278 g/mol. The maximum absolute atomic E-state index is 12.1. The predicted molar refractivity (Wildman–Crippen MR) is 81.3 cm³/mol. The zero-order chi connectivity index (χ0) is 13.5. The lowest BCUT2D eigenvalue weighted by atomic mass is 9.80. The van der Waals surface area contributed by atoms with Crippen molar-refractivity contribution in [2.45, 2.75) is 25.7 Å². The summed E-state index contributed by atoms with van der Waals surface area (Å²) in [6.45, 7) is 1.06. The van der Waals surface area contributed by atoms with Crippen LogP contribution in [-0.2, 0) is 4.79 Å². The zero-order valence-electron chi connectivity index (χ0n) is 10.9. The summed E-state index contributed by atoms with van der Waals surface area (Å²) in [5.74, 6) is 2.66. The summed E-state index contributed by atoms with van der Waals surface area (Å²) < 4.78 is 1.18. The Hall–Kier alpha value is -0.670. The first-order valence-corrected chi connectivity index (χ1v) is 8.73. The highest BCUT2D eigenvalue weighted by molar-refractivity contribution is 8.39. The van der Waals surface area contributed by atoms with E-state index in [0.717, 1.165) is 37.3 Å². The van der Waals surface area contributed by atoms with Crippen molar-refractivity contribution in [3.8, 4) is 6.07 Å². The number of carbonyl (C=O) groups excluding carboxylic acids is 1. The molecule has 0 radical (unpaired) electrons. The molecule has 0 aromatic rings. The van der Waals surface area contributed by atoms with Gasteiger partial charge < -0.3 is 5.32 Å². The van der Waals surface area contributed by atoms with Gasteiger partial charge in [0.05, 0.1) is 12.6 Å². The van der Waals surface area contributed by atoms with Crippen molar-refractivity contribution >= 4 is 33.8 Å². The number of hydrogen-bond acceptors (Lipinski definition) is 5. The molecule has 1 N–H and O–H groups in total. The Morgan fingerprint density at radius 2 is 2.37 bits per heavy atom. The molecule has 6 heteroatoms. The number of nitrogens with one attached hydrogen (secondary N) is 1. The lowest BCUT2D eigenvalue weighted by Gasteiger charge is -2.30. The van der Waals surface area contributed by atoms with Gasteiger partial charge in [0.2, 0.25) is 5.91 Å². The van der Waals surface area contributed by atoms with Crippen molar-refractivity contribution in [1.29, 1.82) is 5.26 Å². The van der Waals surface area contributed by atoms with Gasteiger partial charge in [-0.05, 0) is 18.8 Å². The van der Waals surface area contributed by atoms with Gasteiger partial charge in [-0.25, -0.2) is 0 Å². The summed E-state index contributed by atoms with van der Waals surface area (Å²) in [5.41, 5.74) is 0.